The molecule has 0 amide bonds. The highest BCUT2D eigenvalue weighted by Gasteiger charge is 2.26. The molecule has 0 saturated heterocycles. The van der Waals surface area contributed by atoms with Crippen LogP contribution in [0.25, 0.3) is 78.0 Å². The summed E-state index contributed by atoms with van der Waals surface area (Å²) in [5.41, 5.74) is 13.3. The van der Waals surface area contributed by atoms with Crippen LogP contribution in [-0.2, 0) is 0 Å². The van der Waals surface area contributed by atoms with Crippen LogP contribution >= 0.6 is 0 Å². The highest BCUT2D eigenvalue weighted by atomic mass is 15.2. The number of hydrogen-bond donors (Lipinski definition) is 0. The van der Waals surface area contributed by atoms with Crippen molar-refractivity contribution in [1.29, 1.82) is 0 Å². The number of nitrogens with zero attached hydrogens (tertiary/aromatic N) is 6. The molecule has 0 aliphatic carbocycles. The number of benzene rings is 4. The zero-order valence-corrected chi connectivity index (χ0v) is 28.4. The largest absolute Gasteiger partial charge is 0.297 e. The van der Waals surface area contributed by atoms with E-state index in [9.17, 15) is 0 Å². The number of pyridine rings is 2. The van der Waals surface area contributed by atoms with Gasteiger partial charge in [0.2, 0.25) is 0 Å². The number of rotatable bonds is 4. The van der Waals surface area contributed by atoms with Gasteiger partial charge in [0.15, 0.2) is 0 Å². The van der Waals surface area contributed by atoms with Gasteiger partial charge in [-0.2, -0.15) is 0 Å². The van der Waals surface area contributed by atoms with Crippen molar-refractivity contribution in [1.82, 2.24) is 27.9 Å². The van der Waals surface area contributed by atoms with Gasteiger partial charge >= 0.3 is 0 Å². The summed E-state index contributed by atoms with van der Waals surface area (Å²) >= 11 is 0. The molecule has 10 aromatic rings. The number of aromatic nitrogens is 6. The Bertz CT molecular complexity index is 2750. The van der Waals surface area contributed by atoms with Crippen LogP contribution in [0.4, 0.5) is 0 Å². The predicted octanol–water partition coefficient (Wildman–Crippen LogP) is 10.6. The van der Waals surface area contributed by atoms with E-state index in [1.54, 1.807) is 0 Å². The summed E-state index contributed by atoms with van der Waals surface area (Å²) in [7, 11) is 0. The number of imidazole rings is 2. The summed E-state index contributed by atoms with van der Waals surface area (Å²) in [6, 6.07) is 42.8. The van der Waals surface area contributed by atoms with Crippen LogP contribution in [0.2, 0.25) is 0 Å². The lowest BCUT2D eigenvalue weighted by atomic mass is 10.0. The molecule has 0 saturated carbocycles. The standard InChI is InChI=1S/C44H34N6/c1-27-29(3)49(43-39(31-15-7-5-8-16-31)45-37-19-11-13-25-47(37)43)41-33(27)21-23-36-35(41)24-22-34-28(2)30(4)50(42(34)36)44-40(32-17-9-6-10-18-32)46-38-20-12-14-26-48(38)44/h5-26H,1-4H3. The molecule has 0 aliphatic rings. The van der Waals surface area contributed by atoms with Gasteiger partial charge in [0, 0.05) is 56.5 Å². The third-order valence-corrected chi connectivity index (χ3v) is 10.7. The van der Waals surface area contributed by atoms with Gasteiger partial charge in [0.25, 0.3) is 0 Å². The molecule has 6 nitrogen and oxygen atoms in total. The molecule has 50 heavy (non-hydrogen) atoms. The summed E-state index contributed by atoms with van der Waals surface area (Å²) in [5, 5.41) is 4.88. The zero-order valence-electron chi connectivity index (χ0n) is 28.4. The quantitative estimate of drug-likeness (QED) is 0.191. The monoisotopic (exact) mass is 646 g/mol. The van der Waals surface area contributed by atoms with Crippen molar-refractivity contribution in [3.63, 3.8) is 0 Å². The van der Waals surface area contributed by atoms with Crippen molar-refractivity contribution in [2.24, 2.45) is 0 Å². The summed E-state index contributed by atoms with van der Waals surface area (Å²) in [5.74, 6) is 2.09. The first kappa shape index (κ1) is 28.6. The second-order valence-corrected chi connectivity index (χ2v) is 13.3. The first-order valence-corrected chi connectivity index (χ1v) is 17.1. The normalized spacial score (nSPS) is 12.0. The molecule has 6 heterocycles. The fourth-order valence-electron chi connectivity index (χ4n) is 8.02. The van der Waals surface area contributed by atoms with E-state index in [2.05, 4.69) is 179 Å². The minimum absolute atomic E-state index is 0.920. The molecule has 240 valence electrons. The Morgan fingerprint density at radius 2 is 0.780 bits per heavy atom. The van der Waals surface area contributed by atoms with Crippen molar-refractivity contribution in [2.45, 2.75) is 27.7 Å². The van der Waals surface area contributed by atoms with E-state index < -0.39 is 0 Å². The lowest BCUT2D eigenvalue weighted by molar-refractivity contribution is 0.964. The van der Waals surface area contributed by atoms with Crippen molar-refractivity contribution in [2.75, 3.05) is 0 Å². The Morgan fingerprint density at radius 3 is 1.20 bits per heavy atom. The second kappa shape index (κ2) is 10.5. The number of aryl methyl sites for hydroxylation is 2. The Morgan fingerprint density at radius 1 is 0.400 bits per heavy atom. The number of fused-ring (bicyclic) bond motifs is 7. The molecule has 0 bridgehead atoms. The second-order valence-electron chi connectivity index (χ2n) is 13.3. The summed E-state index contributed by atoms with van der Waals surface area (Å²) < 4.78 is 9.34. The average Bonchev–Trinajstić information content (AvgIpc) is 3.87. The minimum Gasteiger partial charge on any atom is -0.297 e. The lowest BCUT2D eigenvalue weighted by Gasteiger charge is -2.15. The van der Waals surface area contributed by atoms with E-state index in [0.717, 1.165) is 45.4 Å². The van der Waals surface area contributed by atoms with Crippen LogP contribution in [-0.4, -0.2) is 27.9 Å². The minimum atomic E-state index is 0.920. The SMILES string of the molecule is Cc1c(C)n(-c2c(-c3ccccc3)nc3ccccn23)c2c1ccc1c2ccc2c(C)c(C)n(-c3c(-c4ccccc4)nc4ccccn34)c21. The Hall–Kier alpha value is -6.40. The van der Waals surface area contributed by atoms with E-state index in [1.165, 1.54) is 55.1 Å². The van der Waals surface area contributed by atoms with Gasteiger partial charge in [0.05, 0.1) is 11.0 Å². The lowest BCUT2D eigenvalue weighted by Crippen LogP contribution is -2.04. The van der Waals surface area contributed by atoms with Gasteiger partial charge < -0.3 is 0 Å². The van der Waals surface area contributed by atoms with Crippen LogP contribution in [0.3, 0.4) is 0 Å². The van der Waals surface area contributed by atoms with E-state index in [4.69, 9.17) is 9.97 Å². The molecule has 0 N–H and O–H groups in total. The van der Waals surface area contributed by atoms with Gasteiger partial charge in [-0.15, -0.1) is 0 Å². The molecule has 0 atom stereocenters. The number of hydrogen-bond acceptors (Lipinski definition) is 2. The topological polar surface area (TPSA) is 44.5 Å². The van der Waals surface area contributed by atoms with Crippen LogP contribution in [0.1, 0.15) is 22.5 Å². The van der Waals surface area contributed by atoms with Crippen LogP contribution < -0.4 is 0 Å². The molecule has 0 spiro atoms. The molecule has 0 fully saturated rings. The summed E-state index contributed by atoms with van der Waals surface area (Å²) in [4.78, 5) is 10.4. The van der Waals surface area contributed by atoms with E-state index in [-0.39, 0.29) is 0 Å². The van der Waals surface area contributed by atoms with Crippen LogP contribution in [0, 0.1) is 27.7 Å². The fraction of sp³-hybridized carbons (Fsp3) is 0.0909. The van der Waals surface area contributed by atoms with E-state index >= 15 is 0 Å². The van der Waals surface area contributed by atoms with Gasteiger partial charge in [-0.3, -0.25) is 17.9 Å². The third-order valence-electron chi connectivity index (χ3n) is 10.7. The van der Waals surface area contributed by atoms with Crippen molar-refractivity contribution in [3.8, 4) is 34.2 Å². The highest BCUT2D eigenvalue weighted by Crippen LogP contribution is 2.42. The first-order chi connectivity index (χ1) is 24.5. The van der Waals surface area contributed by atoms with E-state index in [0.29, 0.717) is 0 Å². The van der Waals surface area contributed by atoms with Crippen molar-refractivity contribution < 1.29 is 0 Å². The Balaban J connectivity index is 1.36. The maximum atomic E-state index is 5.21. The van der Waals surface area contributed by atoms with Gasteiger partial charge in [0.1, 0.15) is 34.3 Å². The smallest absolute Gasteiger partial charge is 0.150 e. The summed E-state index contributed by atoms with van der Waals surface area (Å²) in [6.07, 6.45) is 4.25. The van der Waals surface area contributed by atoms with Crippen molar-refractivity contribution >= 4 is 43.9 Å². The highest BCUT2D eigenvalue weighted by molar-refractivity contribution is 6.18. The maximum Gasteiger partial charge on any atom is 0.150 e. The summed E-state index contributed by atoms with van der Waals surface area (Å²) in [6.45, 7) is 8.95. The molecule has 6 heteroatoms. The molecule has 0 aliphatic heterocycles. The Kier molecular flexibility index (Phi) is 6.03. The molecular weight excluding hydrogens is 613 g/mol. The Labute approximate surface area is 289 Å². The van der Waals surface area contributed by atoms with Gasteiger partial charge in [-0.05, 0) is 63.1 Å². The van der Waals surface area contributed by atoms with Gasteiger partial charge in [-0.1, -0.05) is 97.1 Å². The third kappa shape index (κ3) is 3.84. The average molecular weight is 647 g/mol. The van der Waals surface area contributed by atoms with Crippen molar-refractivity contribution in [3.05, 3.63) is 156 Å². The predicted molar refractivity (Wildman–Crippen MR) is 205 cm³/mol. The fourth-order valence-corrected chi connectivity index (χ4v) is 8.02. The zero-order chi connectivity index (χ0) is 33.7. The molecule has 0 unspecified atom stereocenters. The van der Waals surface area contributed by atoms with E-state index in [1.807, 2.05) is 0 Å². The first-order valence-electron chi connectivity index (χ1n) is 17.1. The maximum absolute atomic E-state index is 5.21. The van der Waals surface area contributed by atoms with Crippen LogP contribution in [0.15, 0.2) is 134 Å². The van der Waals surface area contributed by atoms with Crippen LogP contribution in [0.5, 0.6) is 0 Å². The van der Waals surface area contributed by atoms with Gasteiger partial charge in [-0.25, -0.2) is 9.97 Å². The molecule has 10 rings (SSSR count). The molecule has 0 radical (unpaired) electrons. The molecule has 6 aromatic heterocycles. The molecule has 4 aromatic carbocycles. The molecular formula is C44H34N6.